The summed E-state index contributed by atoms with van der Waals surface area (Å²) in [5, 5.41) is 46.1. The highest BCUT2D eigenvalue weighted by Gasteiger charge is 2.52. The molecule has 4 aromatic heterocycles. The number of likely N-dealkylation sites (tertiary alicyclic amines) is 8. The lowest BCUT2D eigenvalue weighted by molar-refractivity contribution is -0.00825. The molecule has 8 fully saturated rings. The second-order valence-corrected chi connectivity index (χ2v) is 55.2. The Labute approximate surface area is 860 Å². The van der Waals surface area contributed by atoms with Gasteiger partial charge in [-0.1, -0.05) is 0 Å². The lowest BCUT2D eigenvalue weighted by atomic mass is 9.77. The summed E-state index contributed by atoms with van der Waals surface area (Å²) >= 11 is 0. The summed E-state index contributed by atoms with van der Waals surface area (Å²) in [6.07, 6.45) is 20.9. The number of nitrogens with one attached hydrogen (secondary N) is 12. The molecule has 0 atom stereocenters. The van der Waals surface area contributed by atoms with Crippen LogP contribution in [0.15, 0.2) is 0 Å². The first-order valence-corrected chi connectivity index (χ1v) is 54.8. The van der Waals surface area contributed by atoms with Crippen LogP contribution in [0.2, 0.25) is 0 Å². The molecule has 12 N–H and O–H groups in total. The molecule has 4 aromatic rings. The highest BCUT2D eigenvalue weighted by molar-refractivity contribution is 5.49. The fraction of sp³-hybridized carbons (Fsp3) is 0.889. The molecule has 0 bridgehead atoms. The molecule has 34 heteroatoms. The smallest absolute Gasteiger partial charge is 0.229 e. The Hall–Kier alpha value is -6.76. The van der Waals surface area contributed by atoms with Crippen molar-refractivity contribution in [2.24, 2.45) is 0 Å². The van der Waals surface area contributed by atoms with Crippen LogP contribution in [0, 0.1) is 0 Å². The van der Waals surface area contributed by atoms with E-state index in [-0.39, 0.29) is 137 Å². The first-order chi connectivity index (χ1) is 65.3. The molecule has 8 aliphatic rings. The Bertz CT molecular complexity index is 3810. The van der Waals surface area contributed by atoms with Crippen LogP contribution >= 0.6 is 0 Å². The fourth-order valence-corrected chi connectivity index (χ4v) is 26.9. The van der Waals surface area contributed by atoms with Crippen molar-refractivity contribution in [3.63, 3.8) is 0 Å². The maximum absolute atomic E-state index is 5.21. The zero-order valence-electron chi connectivity index (χ0n) is 97.1. The van der Waals surface area contributed by atoms with E-state index < -0.39 is 0 Å². The molecule has 0 unspecified atom stereocenters. The van der Waals surface area contributed by atoms with Crippen molar-refractivity contribution in [3.8, 4) is 0 Å². The molecular weight excluding hydrogens is 1770 g/mol. The van der Waals surface area contributed by atoms with Crippen molar-refractivity contribution >= 4 is 71.4 Å². The third-order valence-corrected chi connectivity index (χ3v) is 36.6. The van der Waals surface area contributed by atoms with Gasteiger partial charge in [0.05, 0.1) is 0 Å². The van der Waals surface area contributed by atoms with Crippen LogP contribution in [-0.4, -0.2) is 368 Å². The van der Waals surface area contributed by atoms with Crippen molar-refractivity contribution in [1.82, 2.24) is 109 Å². The number of hydrogen-bond donors (Lipinski definition) is 12. The lowest BCUT2D eigenvalue weighted by Crippen LogP contribution is -2.61. The van der Waals surface area contributed by atoms with Crippen LogP contribution in [0.4, 0.5) is 71.4 Å². The van der Waals surface area contributed by atoms with E-state index in [1.165, 1.54) is 0 Å². The molecule has 806 valence electrons. The predicted octanol–water partition coefficient (Wildman–Crippen LogP) is 17.6. The molecule has 8 saturated heterocycles. The summed E-state index contributed by atoms with van der Waals surface area (Å²) in [4.78, 5) is 88.1. The van der Waals surface area contributed by atoms with Crippen LogP contribution in [0.5, 0.6) is 0 Å². The molecule has 34 nitrogen and oxygen atoms in total. The lowest BCUT2D eigenvalue weighted by Gasteiger charge is -2.54. The topological polar surface area (TPSA) is 331 Å². The summed E-state index contributed by atoms with van der Waals surface area (Å²) in [7, 11) is 18.1. The summed E-state index contributed by atoms with van der Waals surface area (Å²) in [5.41, 5.74) is -0.427. The third-order valence-electron chi connectivity index (χ3n) is 36.6. The van der Waals surface area contributed by atoms with Gasteiger partial charge in [-0.3, -0.25) is 39.2 Å². The number of rotatable bonds is 41. The molecule has 142 heavy (non-hydrogen) atoms. The molecule has 12 heterocycles. The van der Waals surface area contributed by atoms with E-state index in [4.69, 9.17) is 59.8 Å². The molecule has 0 amide bonds. The average Bonchev–Trinajstić information content (AvgIpc) is 0.811. The van der Waals surface area contributed by atoms with Gasteiger partial charge in [0, 0.05) is 163 Å². The van der Waals surface area contributed by atoms with Crippen LogP contribution in [0.1, 0.15) is 363 Å². The van der Waals surface area contributed by atoms with Gasteiger partial charge in [-0.25, -0.2) is 0 Å². The maximum atomic E-state index is 5.21. The van der Waals surface area contributed by atoms with Gasteiger partial charge in [-0.2, -0.15) is 59.8 Å². The Balaban J connectivity index is 0.808. The van der Waals surface area contributed by atoms with Gasteiger partial charge in [-0.05, 0) is 458 Å². The number of unbranched alkanes of at least 4 members (excludes halogenated alkanes) is 1. The van der Waals surface area contributed by atoms with Crippen molar-refractivity contribution in [1.29, 1.82) is 0 Å². The van der Waals surface area contributed by atoms with Crippen molar-refractivity contribution in [2.45, 2.75) is 500 Å². The first kappa shape index (κ1) is 114. The van der Waals surface area contributed by atoms with E-state index in [9.17, 15) is 0 Å². The minimum atomic E-state index is -0.0267. The van der Waals surface area contributed by atoms with E-state index in [2.05, 4.69) is 391 Å². The molecule has 0 saturated carbocycles. The van der Waals surface area contributed by atoms with E-state index >= 15 is 0 Å². The average molecular weight is 1980 g/mol. The quantitative estimate of drug-likeness (QED) is 0.0184. The third kappa shape index (κ3) is 28.8. The zero-order valence-corrected chi connectivity index (χ0v) is 97.1. The van der Waals surface area contributed by atoms with E-state index in [0.717, 1.165) is 181 Å². The summed E-state index contributed by atoms with van der Waals surface area (Å²) in [6, 6.07) is 1.37. The number of aromatic nitrogens is 12. The predicted molar refractivity (Wildman–Crippen MR) is 594 cm³/mol. The van der Waals surface area contributed by atoms with Gasteiger partial charge < -0.3 is 73.6 Å². The Morgan fingerprint density at radius 1 is 0.169 bits per heavy atom. The van der Waals surface area contributed by atoms with Gasteiger partial charge >= 0.3 is 0 Å². The second-order valence-electron chi connectivity index (χ2n) is 55.2. The molecule has 0 radical (unpaired) electrons. The summed E-state index contributed by atoms with van der Waals surface area (Å²) in [6.45, 7) is 83.4. The number of anilines is 12. The Kier molecular flexibility index (Phi) is 34.6. The first-order valence-electron chi connectivity index (χ1n) is 54.8. The van der Waals surface area contributed by atoms with Gasteiger partial charge in [-0.15, -0.1) is 0 Å². The second kappa shape index (κ2) is 43.1. The highest BCUT2D eigenvalue weighted by Crippen LogP contribution is 2.47. The summed E-state index contributed by atoms with van der Waals surface area (Å²) in [5.74, 6) is 7.19. The number of nitrogens with zero attached hydrogens (tertiary/aromatic N) is 22. The largest absolute Gasteiger partial charge is 0.354 e. The monoisotopic (exact) mass is 1980 g/mol. The highest BCUT2D eigenvalue weighted by atomic mass is 15.4. The number of piperidine rings is 8. The standard InChI is InChI=1S/C108H204N34/c1-93(2)57-73(58-94(3,4)133(93)33)113-85-121-81(122-86(129-85)114-74-59-95(5,6)134(34)96(7,8)60-74)109-47-43-53-141(54-44-48-110-82-123-87(115-75-61-97(9,10)135(35)98(11,12)62-75)130-88(124-82)116-76-63-99(13,14)136(36)100(15,16)64-76)51-41-42-52-142(55-45-49-111-83-125-89(117-77-65-101(17,18)137(37)102(19,20)66-77)131-90(126-83)118-78-67-103(21,22)138(38)104(23,24)68-78)56-46-50-112-84-127-91(119-79-69-105(25,26)139(39)106(27,28)70-79)132-92(128-84)120-80-71-107(29,30)140(40)108(31,32)72-80/h73-80H,41-72H2,1-40H3,(H3,109,113,114,121,122,129)(H3,110,115,116,123,124,130)(H3,111,117,118,125,126,131)(H3,112,119,120,127,128,132). The van der Waals surface area contributed by atoms with Crippen molar-refractivity contribution < 1.29 is 0 Å². The van der Waals surface area contributed by atoms with Crippen LogP contribution in [0.3, 0.4) is 0 Å². The number of hydrogen-bond acceptors (Lipinski definition) is 34. The molecular formula is C108H204N34. The van der Waals surface area contributed by atoms with Crippen LogP contribution < -0.4 is 63.8 Å². The summed E-state index contributed by atoms with van der Waals surface area (Å²) < 4.78 is 0. The van der Waals surface area contributed by atoms with Crippen molar-refractivity contribution in [3.05, 3.63) is 0 Å². The fourth-order valence-electron chi connectivity index (χ4n) is 26.9. The molecule has 0 spiro atoms. The molecule has 0 aromatic carbocycles. The molecule has 0 aliphatic carbocycles. The van der Waals surface area contributed by atoms with Gasteiger partial charge in [0.25, 0.3) is 0 Å². The van der Waals surface area contributed by atoms with E-state index in [0.29, 0.717) is 97.6 Å². The minimum absolute atomic E-state index is 0.0267. The van der Waals surface area contributed by atoms with Crippen LogP contribution in [-0.2, 0) is 0 Å². The molecule has 8 aliphatic heterocycles. The minimum Gasteiger partial charge on any atom is -0.354 e. The van der Waals surface area contributed by atoms with Gasteiger partial charge in [0.1, 0.15) is 0 Å². The Morgan fingerprint density at radius 2 is 0.268 bits per heavy atom. The van der Waals surface area contributed by atoms with Gasteiger partial charge in [0.15, 0.2) is 0 Å². The van der Waals surface area contributed by atoms with E-state index in [1.54, 1.807) is 0 Å². The SMILES string of the molecule is CN1C(C)(C)CC(Nc2nc(NCCCN(CCCCN(CCCNc3nc(NC4CC(C)(C)N(C)C(C)(C)C4)nc(NC4CC(C)(C)N(C)C(C)(C)C4)n3)CCCNc3nc(NC4CC(C)(C)N(C)C(C)(C)C4)nc(NC4CC(C)(C)N(C)C(C)(C)C4)n3)CCCNc3nc(NC4CC(C)(C)N(C)C(C)(C)C4)nc(NC4CC(C)(C)N(C)C(C)(C)C4)n3)nc(NC3CC(C)(C)N(C)C(C)(C)C3)n2)CC1(C)C. The Morgan fingerprint density at radius 3 is 0.380 bits per heavy atom. The maximum Gasteiger partial charge on any atom is 0.229 e. The van der Waals surface area contributed by atoms with Gasteiger partial charge in [0.2, 0.25) is 71.4 Å². The zero-order chi connectivity index (χ0) is 105. The molecule has 12 rings (SSSR count). The normalized spacial score (nSPS) is 25.1. The van der Waals surface area contributed by atoms with E-state index in [1.807, 2.05) is 0 Å². The van der Waals surface area contributed by atoms with Crippen LogP contribution in [0.25, 0.3) is 0 Å². The van der Waals surface area contributed by atoms with Crippen molar-refractivity contribution in [2.75, 3.05) is 186 Å².